The van der Waals surface area contributed by atoms with Crippen LogP contribution >= 0.6 is 0 Å². The molecule has 2 amide bonds. The summed E-state index contributed by atoms with van der Waals surface area (Å²) in [5.74, 6) is -0.0336. The van der Waals surface area contributed by atoms with E-state index >= 15 is 0 Å². The maximum Gasteiger partial charge on any atom is 0.253 e. The average Bonchev–Trinajstić information content (AvgIpc) is 2.59. The van der Waals surface area contributed by atoms with Crippen molar-refractivity contribution in [3.8, 4) is 0 Å². The number of nitrogens with one attached hydrogen (secondary N) is 1. The second-order valence-electron chi connectivity index (χ2n) is 5.56. The minimum Gasteiger partial charge on any atom is -0.352 e. The summed E-state index contributed by atoms with van der Waals surface area (Å²) >= 11 is 0. The quantitative estimate of drug-likeness (QED) is 0.899. The highest BCUT2D eigenvalue weighted by molar-refractivity contribution is 5.97. The minimum absolute atomic E-state index is 0.0521. The molecule has 1 aliphatic heterocycles. The van der Waals surface area contributed by atoms with Gasteiger partial charge in [0.2, 0.25) is 0 Å². The molecule has 2 rings (SSSR count). The molecule has 1 saturated heterocycles. The predicted molar refractivity (Wildman–Crippen MR) is 87.1 cm³/mol. The fourth-order valence-electron chi connectivity index (χ4n) is 2.55. The van der Waals surface area contributed by atoms with Crippen LogP contribution < -0.4 is 5.32 Å². The molecule has 1 fully saturated rings. The lowest BCUT2D eigenvalue weighted by Crippen LogP contribution is -2.48. The van der Waals surface area contributed by atoms with Crippen molar-refractivity contribution in [2.75, 3.05) is 39.3 Å². The van der Waals surface area contributed by atoms with Crippen LogP contribution in [0.2, 0.25) is 0 Å². The fraction of sp³-hybridized carbons (Fsp3) is 0.529. The molecule has 0 aromatic heterocycles. The van der Waals surface area contributed by atoms with Crippen LogP contribution in [0, 0.1) is 0 Å². The zero-order chi connectivity index (χ0) is 15.9. The molecule has 1 aliphatic rings. The van der Waals surface area contributed by atoms with E-state index in [2.05, 4.69) is 17.1 Å². The van der Waals surface area contributed by atoms with E-state index in [-0.39, 0.29) is 11.8 Å². The third-order valence-electron chi connectivity index (χ3n) is 4.04. The molecular weight excluding hydrogens is 278 g/mol. The monoisotopic (exact) mass is 303 g/mol. The van der Waals surface area contributed by atoms with Crippen molar-refractivity contribution in [1.82, 2.24) is 15.1 Å². The van der Waals surface area contributed by atoms with Gasteiger partial charge in [0.25, 0.3) is 11.8 Å². The number of rotatable bonds is 5. The molecule has 0 radical (unpaired) electrons. The Morgan fingerprint density at radius 3 is 2.14 bits per heavy atom. The molecule has 120 valence electrons. The Bertz CT molecular complexity index is 505. The first kappa shape index (κ1) is 16.5. The third kappa shape index (κ3) is 4.07. The largest absolute Gasteiger partial charge is 0.352 e. The van der Waals surface area contributed by atoms with E-state index < -0.39 is 0 Å². The van der Waals surface area contributed by atoms with Crippen molar-refractivity contribution in [2.45, 2.75) is 20.3 Å². The van der Waals surface area contributed by atoms with Crippen LogP contribution in [0.1, 0.15) is 41.0 Å². The average molecular weight is 303 g/mol. The van der Waals surface area contributed by atoms with Gasteiger partial charge in [0.05, 0.1) is 0 Å². The second kappa shape index (κ2) is 7.94. The lowest BCUT2D eigenvalue weighted by atomic mass is 10.1. The summed E-state index contributed by atoms with van der Waals surface area (Å²) in [6.45, 7) is 9.25. The van der Waals surface area contributed by atoms with Crippen molar-refractivity contribution in [2.24, 2.45) is 0 Å². The first-order valence-corrected chi connectivity index (χ1v) is 8.05. The van der Waals surface area contributed by atoms with E-state index in [9.17, 15) is 9.59 Å². The van der Waals surface area contributed by atoms with Gasteiger partial charge in [-0.15, -0.1) is 0 Å². The highest BCUT2D eigenvalue weighted by Gasteiger charge is 2.21. The van der Waals surface area contributed by atoms with Crippen molar-refractivity contribution in [3.05, 3.63) is 35.4 Å². The van der Waals surface area contributed by atoms with Crippen molar-refractivity contribution >= 4 is 11.8 Å². The van der Waals surface area contributed by atoms with Gasteiger partial charge in [0.15, 0.2) is 0 Å². The summed E-state index contributed by atoms with van der Waals surface area (Å²) < 4.78 is 0. The summed E-state index contributed by atoms with van der Waals surface area (Å²) in [7, 11) is 0. The first-order valence-electron chi connectivity index (χ1n) is 8.05. The number of piperazine rings is 1. The number of benzene rings is 1. The number of carbonyl (C=O) groups excluding carboxylic acids is 2. The molecule has 5 heteroatoms. The zero-order valence-electron chi connectivity index (χ0n) is 13.5. The van der Waals surface area contributed by atoms with Crippen LogP contribution in [-0.2, 0) is 0 Å². The van der Waals surface area contributed by atoms with Gasteiger partial charge in [-0.1, -0.05) is 13.8 Å². The molecule has 0 aliphatic carbocycles. The summed E-state index contributed by atoms with van der Waals surface area (Å²) in [5.41, 5.74) is 1.25. The predicted octanol–water partition coefficient (Wildman–Crippen LogP) is 1.60. The smallest absolute Gasteiger partial charge is 0.253 e. The number of amides is 2. The Hall–Kier alpha value is -1.88. The molecular formula is C17H25N3O2. The van der Waals surface area contributed by atoms with E-state index in [1.165, 1.54) is 0 Å². The molecule has 1 heterocycles. The molecule has 0 spiro atoms. The van der Waals surface area contributed by atoms with Crippen LogP contribution in [-0.4, -0.2) is 60.9 Å². The summed E-state index contributed by atoms with van der Waals surface area (Å²) in [6.07, 6.45) is 0.909. The zero-order valence-corrected chi connectivity index (χ0v) is 13.5. The number of carbonyl (C=O) groups is 2. The Balaban J connectivity index is 1.95. The molecule has 1 N–H and O–H groups in total. The lowest BCUT2D eigenvalue weighted by Gasteiger charge is -2.34. The van der Waals surface area contributed by atoms with Gasteiger partial charge in [-0.05, 0) is 37.2 Å². The van der Waals surface area contributed by atoms with Gasteiger partial charge in [-0.25, -0.2) is 0 Å². The summed E-state index contributed by atoms with van der Waals surface area (Å²) in [4.78, 5) is 28.5. The molecule has 1 aromatic rings. The summed E-state index contributed by atoms with van der Waals surface area (Å²) in [5, 5.41) is 2.83. The van der Waals surface area contributed by atoms with E-state index in [4.69, 9.17) is 0 Å². The van der Waals surface area contributed by atoms with Gasteiger partial charge in [-0.2, -0.15) is 0 Å². The SMILES string of the molecule is CCCNC(=O)c1ccc(C(=O)N2CCN(CC)CC2)cc1. The molecule has 0 unspecified atom stereocenters. The maximum atomic E-state index is 12.5. The lowest BCUT2D eigenvalue weighted by molar-refractivity contribution is 0.0643. The highest BCUT2D eigenvalue weighted by Crippen LogP contribution is 2.10. The number of likely N-dealkylation sites (N-methyl/N-ethyl adjacent to an activating group) is 1. The summed E-state index contributed by atoms with van der Waals surface area (Å²) in [6, 6.07) is 6.94. The molecule has 0 atom stereocenters. The number of hydrogen-bond donors (Lipinski definition) is 1. The van der Waals surface area contributed by atoms with Crippen molar-refractivity contribution in [1.29, 1.82) is 0 Å². The number of nitrogens with zero attached hydrogens (tertiary/aromatic N) is 2. The molecule has 5 nitrogen and oxygen atoms in total. The van der Waals surface area contributed by atoms with E-state index in [0.29, 0.717) is 17.7 Å². The minimum atomic E-state index is -0.0857. The normalized spacial score (nSPS) is 15.6. The first-order chi connectivity index (χ1) is 10.7. The molecule has 22 heavy (non-hydrogen) atoms. The van der Waals surface area contributed by atoms with E-state index in [0.717, 1.165) is 39.1 Å². The Labute approximate surface area is 132 Å². The van der Waals surface area contributed by atoms with Crippen molar-refractivity contribution < 1.29 is 9.59 Å². The topological polar surface area (TPSA) is 52.7 Å². The highest BCUT2D eigenvalue weighted by atomic mass is 16.2. The van der Waals surface area contributed by atoms with Gasteiger partial charge in [-0.3, -0.25) is 9.59 Å². The molecule has 0 bridgehead atoms. The van der Waals surface area contributed by atoms with Crippen LogP contribution in [0.3, 0.4) is 0 Å². The van der Waals surface area contributed by atoms with Crippen LogP contribution in [0.25, 0.3) is 0 Å². The number of hydrogen-bond acceptors (Lipinski definition) is 3. The Morgan fingerprint density at radius 2 is 1.59 bits per heavy atom. The van der Waals surface area contributed by atoms with Crippen molar-refractivity contribution in [3.63, 3.8) is 0 Å². The van der Waals surface area contributed by atoms with Gasteiger partial charge in [0, 0.05) is 43.9 Å². The van der Waals surface area contributed by atoms with Crippen LogP contribution in [0.4, 0.5) is 0 Å². The Kier molecular flexibility index (Phi) is 5.95. The van der Waals surface area contributed by atoms with E-state index in [1.54, 1.807) is 24.3 Å². The van der Waals surface area contributed by atoms with Gasteiger partial charge in [0.1, 0.15) is 0 Å². The molecule has 0 saturated carbocycles. The third-order valence-corrected chi connectivity index (χ3v) is 4.04. The fourth-order valence-corrected chi connectivity index (χ4v) is 2.55. The standard InChI is InChI=1S/C17H25N3O2/c1-3-9-18-16(21)14-5-7-15(8-6-14)17(22)20-12-10-19(4-2)11-13-20/h5-8H,3-4,9-13H2,1-2H3,(H,18,21). The van der Waals surface area contributed by atoms with Crippen LogP contribution in [0.15, 0.2) is 24.3 Å². The van der Waals surface area contributed by atoms with Gasteiger partial charge >= 0.3 is 0 Å². The second-order valence-corrected chi connectivity index (χ2v) is 5.56. The van der Waals surface area contributed by atoms with E-state index in [1.807, 2.05) is 11.8 Å². The van der Waals surface area contributed by atoms with Gasteiger partial charge < -0.3 is 15.1 Å². The maximum absolute atomic E-state index is 12.5. The molecule has 1 aromatic carbocycles. The Morgan fingerprint density at radius 1 is 1.00 bits per heavy atom. The van der Waals surface area contributed by atoms with Crippen LogP contribution in [0.5, 0.6) is 0 Å².